The first-order chi connectivity index (χ1) is 18.2. The van der Waals surface area contributed by atoms with Gasteiger partial charge in [0.25, 0.3) is 0 Å². The number of hydrogen-bond donors (Lipinski definition) is 2. The molecule has 0 atom stereocenters. The summed E-state index contributed by atoms with van der Waals surface area (Å²) in [6, 6.07) is 27.3. The lowest BCUT2D eigenvalue weighted by Crippen LogP contribution is -2.31. The maximum Gasteiger partial charge on any atom is 0.225 e. The zero-order valence-electron chi connectivity index (χ0n) is 21.9. The fourth-order valence-electron chi connectivity index (χ4n) is 5.10. The van der Waals surface area contributed by atoms with Gasteiger partial charge in [-0.15, -0.1) is 0 Å². The van der Waals surface area contributed by atoms with Crippen molar-refractivity contribution in [3.05, 3.63) is 90.0 Å². The molecule has 0 saturated heterocycles. The van der Waals surface area contributed by atoms with E-state index in [1.807, 2.05) is 50.5 Å². The molecule has 0 unspecified atom stereocenters. The molecule has 0 aliphatic heterocycles. The number of benzene rings is 3. The van der Waals surface area contributed by atoms with Gasteiger partial charge in [0.1, 0.15) is 18.2 Å². The zero-order chi connectivity index (χ0) is 25.5. The third-order valence-corrected chi connectivity index (χ3v) is 7.14. The number of hydrogen-bond acceptors (Lipinski definition) is 6. The first kappa shape index (κ1) is 25.0. The van der Waals surface area contributed by atoms with Crippen LogP contribution < -0.4 is 20.3 Å². The van der Waals surface area contributed by atoms with Crippen LogP contribution >= 0.6 is 0 Å². The molecule has 0 amide bonds. The smallest absolute Gasteiger partial charge is 0.225 e. The van der Waals surface area contributed by atoms with E-state index >= 15 is 0 Å². The topological polar surface area (TPSA) is 62.3 Å². The Balaban J connectivity index is 1.10. The van der Waals surface area contributed by atoms with Crippen LogP contribution in [-0.2, 0) is 13.2 Å². The largest absolute Gasteiger partial charge is 0.489 e. The summed E-state index contributed by atoms with van der Waals surface area (Å²) in [5.74, 6) is 3.33. The molecule has 1 aromatic heterocycles. The summed E-state index contributed by atoms with van der Waals surface area (Å²) in [4.78, 5) is 11.7. The predicted molar refractivity (Wildman–Crippen MR) is 152 cm³/mol. The number of para-hydroxylation sites is 2. The fraction of sp³-hybridized carbons (Fsp3) is 0.355. The van der Waals surface area contributed by atoms with Gasteiger partial charge in [-0.2, -0.15) is 4.98 Å². The highest BCUT2D eigenvalue weighted by atomic mass is 16.5. The lowest BCUT2D eigenvalue weighted by Gasteiger charge is -2.29. The van der Waals surface area contributed by atoms with Gasteiger partial charge in [0.15, 0.2) is 0 Å². The Morgan fingerprint density at radius 1 is 0.838 bits per heavy atom. The lowest BCUT2D eigenvalue weighted by molar-refractivity contribution is 0.299. The molecule has 6 nitrogen and oxygen atoms in total. The number of anilines is 2. The highest BCUT2D eigenvalue weighted by molar-refractivity contribution is 5.90. The third-order valence-electron chi connectivity index (χ3n) is 7.14. The van der Waals surface area contributed by atoms with Crippen LogP contribution in [0.1, 0.15) is 36.8 Å². The number of fused-ring (bicyclic) bond motifs is 1. The highest BCUT2D eigenvalue weighted by Gasteiger charge is 2.22. The molecular weight excluding hydrogens is 458 g/mol. The van der Waals surface area contributed by atoms with E-state index in [0.717, 1.165) is 54.3 Å². The van der Waals surface area contributed by atoms with E-state index in [2.05, 4.69) is 58.0 Å². The average Bonchev–Trinajstić information content (AvgIpc) is 2.93. The number of nitrogens with zero attached hydrogens (tertiary/aromatic N) is 3. The molecule has 1 aliphatic carbocycles. The molecule has 37 heavy (non-hydrogen) atoms. The van der Waals surface area contributed by atoms with Crippen molar-refractivity contribution >= 4 is 22.7 Å². The Bertz CT molecular complexity index is 1290. The minimum absolute atomic E-state index is 0.416. The fourth-order valence-corrected chi connectivity index (χ4v) is 5.10. The van der Waals surface area contributed by atoms with Crippen LogP contribution in [0.25, 0.3) is 10.9 Å². The van der Waals surface area contributed by atoms with Gasteiger partial charge < -0.3 is 20.3 Å². The van der Waals surface area contributed by atoms with Gasteiger partial charge in [-0.3, -0.25) is 0 Å². The monoisotopic (exact) mass is 495 g/mol. The van der Waals surface area contributed by atoms with Crippen LogP contribution in [0.5, 0.6) is 5.75 Å². The van der Waals surface area contributed by atoms with Crippen LogP contribution in [0.4, 0.5) is 11.8 Å². The minimum atomic E-state index is 0.416. The van der Waals surface area contributed by atoms with Crippen molar-refractivity contribution in [3.8, 4) is 5.75 Å². The molecule has 1 aliphatic rings. The van der Waals surface area contributed by atoms with Gasteiger partial charge in [0.05, 0.1) is 5.52 Å². The summed E-state index contributed by atoms with van der Waals surface area (Å²) in [7, 11) is 4.06. The summed E-state index contributed by atoms with van der Waals surface area (Å²) in [6.07, 6.45) is 4.67. The Morgan fingerprint density at radius 3 is 2.38 bits per heavy atom. The summed E-state index contributed by atoms with van der Waals surface area (Å²) in [5, 5.41) is 8.39. The van der Waals surface area contributed by atoms with E-state index in [0.29, 0.717) is 18.6 Å². The highest BCUT2D eigenvalue weighted by Crippen LogP contribution is 2.28. The molecule has 192 valence electrons. The van der Waals surface area contributed by atoms with Crippen LogP contribution in [0.15, 0.2) is 78.9 Å². The molecule has 4 aromatic rings. The molecule has 1 heterocycles. The van der Waals surface area contributed by atoms with E-state index in [-0.39, 0.29) is 0 Å². The average molecular weight is 496 g/mol. The molecule has 0 radical (unpaired) electrons. The van der Waals surface area contributed by atoms with Crippen molar-refractivity contribution in [2.24, 2.45) is 5.92 Å². The number of nitrogens with one attached hydrogen (secondary N) is 2. The normalized spacial score (nSPS) is 17.5. The Morgan fingerprint density at radius 2 is 1.57 bits per heavy atom. The van der Waals surface area contributed by atoms with Crippen molar-refractivity contribution in [1.29, 1.82) is 0 Å². The molecule has 1 fully saturated rings. The standard InChI is InChI=1S/C31H37N5O/c1-36(2)30-27-13-7-8-14-28(27)34-31(35-30)33-26-18-16-23(17-19-26)20-32-21-25-12-6-9-15-29(25)37-22-24-10-4-3-5-11-24/h3-15,23,26,32H,16-22H2,1-2H3,(H,33,34,35)/t23-,26+. The van der Waals surface area contributed by atoms with E-state index in [1.54, 1.807) is 0 Å². The maximum atomic E-state index is 6.12. The summed E-state index contributed by atoms with van der Waals surface area (Å²) in [6.45, 7) is 2.43. The number of aromatic nitrogens is 2. The second kappa shape index (κ2) is 12.1. The third kappa shape index (κ3) is 6.57. The SMILES string of the molecule is CN(C)c1nc(N[C@H]2CC[C@@H](CNCc3ccccc3OCc3ccccc3)CC2)nc2ccccc12. The molecule has 2 N–H and O–H groups in total. The van der Waals surface area contributed by atoms with Gasteiger partial charge in [0, 0.05) is 37.6 Å². The molecular formula is C31H37N5O. The van der Waals surface area contributed by atoms with Gasteiger partial charge in [-0.25, -0.2) is 4.98 Å². The van der Waals surface area contributed by atoms with Crippen molar-refractivity contribution in [3.63, 3.8) is 0 Å². The van der Waals surface area contributed by atoms with Crippen molar-refractivity contribution in [2.75, 3.05) is 30.9 Å². The number of rotatable bonds is 10. The van der Waals surface area contributed by atoms with Crippen molar-refractivity contribution < 1.29 is 4.74 Å². The van der Waals surface area contributed by atoms with Crippen LogP contribution in [-0.4, -0.2) is 36.6 Å². The lowest BCUT2D eigenvalue weighted by atomic mass is 9.86. The van der Waals surface area contributed by atoms with E-state index in [4.69, 9.17) is 14.7 Å². The van der Waals surface area contributed by atoms with E-state index in [1.165, 1.54) is 24.0 Å². The molecule has 0 spiro atoms. The van der Waals surface area contributed by atoms with Crippen molar-refractivity contribution in [1.82, 2.24) is 15.3 Å². The summed E-state index contributed by atoms with van der Waals surface area (Å²) >= 11 is 0. The minimum Gasteiger partial charge on any atom is -0.489 e. The van der Waals surface area contributed by atoms with Crippen LogP contribution in [0.2, 0.25) is 0 Å². The second-order valence-corrected chi connectivity index (χ2v) is 10.2. The first-order valence-electron chi connectivity index (χ1n) is 13.3. The molecule has 1 saturated carbocycles. The molecule has 3 aromatic carbocycles. The van der Waals surface area contributed by atoms with Crippen molar-refractivity contribution in [2.45, 2.75) is 44.9 Å². The number of ether oxygens (including phenoxy) is 1. The Labute approximate surface area is 220 Å². The van der Waals surface area contributed by atoms with E-state index < -0.39 is 0 Å². The first-order valence-corrected chi connectivity index (χ1v) is 13.3. The predicted octanol–water partition coefficient (Wildman–Crippen LogP) is 6.04. The van der Waals surface area contributed by atoms with Gasteiger partial charge in [-0.1, -0.05) is 60.7 Å². The second-order valence-electron chi connectivity index (χ2n) is 10.2. The maximum absolute atomic E-state index is 6.12. The Hall–Kier alpha value is -3.64. The zero-order valence-corrected chi connectivity index (χ0v) is 21.9. The van der Waals surface area contributed by atoms with Gasteiger partial charge >= 0.3 is 0 Å². The van der Waals surface area contributed by atoms with Crippen LogP contribution in [0.3, 0.4) is 0 Å². The summed E-state index contributed by atoms with van der Waals surface area (Å²) < 4.78 is 6.12. The molecule has 0 bridgehead atoms. The summed E-state index contributed by atoms with van der Waals surface area (Å²) in [5.41, 5.74) is 3.37. The van der Waals surface area contributed by atoms with Gasteiger partial charge in [0.2, 0.25) is 5.95 Å². The quantitative estimate of drug-likeness (QED) is 0.280. The molecule has 5 rings (SSSR count). The molecule has 6 heteroatoms. The van der Waals surface area contributed by atoms with E-state index in [9.17, 15) is 0 Å². The van der Waals surface area contributed by atoms with Crippen LogP contribution in [0, 0.1) is 5.92 Å². The van der Waals surface area contributed by atoms with Gasteiger partial charge in [-0.05, 0) is 61.9 Å². The Kier molecular flexibility index (Phi) is 8.16.